The van der Waals surface area contributed by atoms with Gasteiger partial charge in [-0.25, -0.2) is 0 Å². The fourth-order valence-electron chi connectivity index (χ4n) is 4.35. The summed E-state index contributed by atoms with van der Waals surface area (Å²) < 4.78 is 0. The van der Waals surface area contributed by atoms with Gasteiger partial charge in [-0.15, -0.1) is 11.5 Å². The van der Waals surface area contributed by atoms with Crippen LogP contribution in [0.15, 0.2) is 24.3 Å². The van der Waals surface area contributed by atoms with Crippen molar-refractivity contribution in [2.45, 2.75) is 163 Å². The average molecular weight is 565 g/mol. The van der Waals surface area contributed by atoms with Gasteiger partial charge in [0.1, 0.15) is 0 Å². The van der Waals surface area contributed by atoms with Crippen LogP contribution in [0, 0.1) is 0 Å². The second kappa shape index (κ2) is 12.8. The number of benzene rings is 2. The first-order valence-electron chi connectivity index (χ1n) is 14.8. The molecule has 2 aromatic rings. The molecule has 0 atom stereocenters. The number of hydrogen-bond acceptors (Lipinski definition) is 2. The van der Waals surface area contributed by atoms with Crippen molar-refractivity contribution >= 4 is 16.3 Å². The molecule has 0 aliphatic rings. The van der Waals surface area contributed by atoms with Crippen molar-refractivity contribution in [1.82, 2.24) is 0 Å². The van der Waals surface area contributed by atoms with E-state index in [9.17, 15) is 10.2 Å². The summed E-state index contributed by atoms with van der Waals surface area (Å²) in [4.78, 5) is 0. The molecule has 224 valence electrons. The zero-order valence-electron chi connectivity index (χ0n) is 29.7. The summed E-state index contributed by atoms with van der Waals surface area (Å²) in [5.41, 5.74) is 5.92. The van der Waals surface area contributed by atoms with Crippen molar-refractivity contribution in [3.63, 3.8) is 0 Å². The van der Waals surface area contributed by atoms with Gasteiger partial charge in [-0.1, -0.05) is 149 Å². The van der Waals surface area contributed by atoms with Crippen molar-refractivity contribution in [1.29, 1.82) is 0 Å². The zero-order chi connectivity index (χ0) is 32.4. The Morgan fingerprint density at radius 3 is 0.600 bits per heavy atom. The average Bonchev–Trinajstić information content (AvgIpc) is 2.70. The van der Waals surface area contributed by atoms with Crippen LogP contribution >= 0.6 is 0 Å². The van der Waals surface area contributed by atoms with Gasteiger partial charge in [0.05, 0.1) is 0 Å². The van der Waals surface area contributed by atoms with Gasteiger partial charge in [0.25, 0.3) is 0 Å². The van der Waals surface area contributed by atoms with Crippen LogP contribution in [0.25, 0.3) is 0 Å². The quantitative estimate of drug-likeness (QED) is 0.299. The molecule has 0 unspecified atom stereocenters. The predicted octanol–water partition coefficient (Wildman–Crippen LogP) is 9.51. The normalized spacial score (nSPS) is 13.2. The summed E-state index contributed by atoms with van der Waals surface area (Å²) in [5.74, 6) is 2.35. The van der Waals surface area contributed by atoms with Crippen LogP contribution in [-0.4, -0.2) is 16.3 Å². The molecular formula is C37H61AlO2. The van der Waals surface area contributed by atoms with E-state index in [1.807, 2.05) is 5.79 Å². The zero-order valence-corrected chi connectivity index (χ0v) is 30.9. The molecule has 40 heavy (non-hydrogen) atoms. The van der Waals surface area contributed by atoms with E-state index in [4.69, 9.17) is 0 Å². The van der Waals surface area contributed by atoms with Gasteiger partial charge < -0.3 is 10.2 Å². The van der Waals surface area contributed by atoms with Gasteiger partial charge in [0.15, 0.2) is 0 Å². The molecule has 0 N–H and O–H groups in total. The summed E-state index contributed by atoms with van der Waals surface area (Å²) in [7, 11) is 0. The Morgan fingerprint density at radius 1 is 0.350 bits per heavy atom. The van der Waals surface area contributed by atoms with Crippen LogP contribution in [0.5, 0.6) is 11.5 Å². The molecule has 0 aromatic heterocycles. The molecule has 0 aliphatic carbocycles. The molecule has 0 fully saturated rings. The third-order valence-corrected chi connectivity index (χ3v) is 7.14. The molecule has 0 amide bonds. The minimum absolute atomic E-state index is 0.0632. The number of rotatable bonds is 0. The van der Waals surface area contributed by atoms with Gasteiger partial charge in [-0.2, -0.15) is 0 Å². The molecule has 2 aromatic carbocycles. The Balaban J connectivity index is 0.000000716. The van der Waals surface area contributed by atoms with Crippen LogP contribution in [0.2, 0.25) is 5.79 Å². The molecule has 0 bridgehead atoms. The maximum absolute atomic E-state index is 12.7. The van der Waals surface area contributed by atoms with Crippen LogP contribution < -0.4 is 10.2 Å². The fourth-order valence-corrected chi connectivity index (χ4v) is 4.35. The minimum atomic E-state index is -0.113. The van der Waals surface area contributed by atoms with E-state index in [0.29, 0.717) is 0 Å². The van der Waals surface area contributed by atoms with Gasteiger partial charge >= 0.3 is 22.1 Å². The van der Waals surface area contributed by atoms with Gasteiger partial charge in [0.2, 0.25) is 0 Å². The third kappa shape index (κ3) is 10.4. The van der Waals surface area contributed by atoms with Crippen molar-refractivity contribution in [2.75, 3.05) is 0 Å². The van der Waals surface area contributed by atoms with E-state index in [1.54, 1.807) is 0 Å². The van der Waals surface area contributed by atoms with Gasteiger partial charge in [-0.05, 0) is 65.9 Å². The van der Waals surface area contributed by atoms with E-state index >= 15 is 0 Å². The van der Waals surface area contributed by atoms with Crippen LogP contribution in [0.4, 0.5) is 0 Å². The second-order valence-electron chi connectivity index (χ2n) is 17.3. The molecule has 3 heteroatoms. The maximum atomic E-state index is 12.7. The topological polar surface area (TPSA) is 46.1 Å². The van der Waals surface area contributed by atoms with Crippen molar-refractivity contribution in [3.05, 3.63) is 57.6 Å². The SMILES string of the molecule is CC(C)(C)c1cc(C(C)(C)C)c([O-])c(C(C)(C)C)c1.CC(C)(C)c1cc(C(C)(C)C)c([O-])c(C(C)(C)C)c1.[CH3][Al+2]. The van der Waals surface area contributed by atoms with E-state index in [2.05, 4.69) is 165 Å². The molecule has 2 nitrogen and oxygen atoms in total. The first-order valence-corrected chi connectivity index (χ1v) is 15.9. The summed E-state index contributed by atoms with van der Waals surface area (Å²) >= 11 is 2.42. The predicted molar refractivity (Wildman–Crippen MR) is 176 cm³/mol. The van der Waals surface area contributed by atoms with Gasteiger partial charge in [-0.3, -0.25) is 0 Å². The molecule has 0 aliphatic heterocycles. The molecule has 0 heterocycles. The van der Waals surface area contributed by atoms with E-state index in [-0.39, 0.29) is 44.0 Å². The first kappa shape index (κ1) is 38.6. The van der Waals surface area contributed by atoms with Gasteiger partial charge in [0, 0.05) is 0 Å². The van der Waals surface area contributed by atoms with Crippen molar-refractivity contribution < 1.29 is 10.2 Å². The Morgan fingerprint density at radius 2 is 0.500 bits per heavy atom. The Bertz CT molecular complexity index is 952. The van der Waals surface area contributed by atoms with E-state index in [0.717, 1.165) is 22.3 Å². The van der Waals surface area contributed by atoms with Crippen LogP contribution in [0.3, 0.4) is 0 Å². The Labute approximate surface area is 257 Å². The summed E-state index contributed by atoms with van der Waals surface area (Å²) in [6.07, 6.45) is 0. The first-order chi connectivity index (χ1) is 17.5. The third-order valence-electron chi connectivity index (χ3n) is 7.14. The Kier molecular flexibility index (Phi) is 12.4. The summed E-state index contributed by atoms with van der Waals surface area (Å²) in [6, 6.07) is 8.43. The van der Waals surface area contributed by atoms with Crippen LogP contribution in [-0.2, 0) is 32.5 Å². The molecular weight excluding hydrogens is 503 g/mol. The molecule has 0 saturated carbocycles. The Hall–Kier alpha value is -1.43. The van der Waals surface area contributed by atoms with E-state index in [1.165, 1.54) is 11.1 Å². The van der Waals surface area contributed by atoms with Crippen molar-refractivity contribution in [2.24, 2.45) is 0 Å². The molecule has 0 spiro atoms. The number of hydrogen-bond donors (Lipinski definition) is 0. The van der Waals surface area contributed by atoms with Crippen molar-refractivity contribution in [3.8, 4) is 11.5 Å². The summed E-state index contributed by atoms with van der Waals surface area (Å²) in [5, 5.41) is 25.5. The van der Waals surface area contributed by atoms with Crippen LogP contribution in [0.1, 0.15) is 158 Å². The molecule has 0 saturated heterocycles. The second-order valence-corrected chi connectivity index (χ2v) is 17.3. The molecule has 0 radical (unpaired) electrons. The summed E-state index contributed by atoms with van der Waals surface area (Å²) in [6.45, 7) is 38.6. The standard InChI is InChI=1S/2C18H30O.CH3.Al/c2*1-16(2,3)12-10-13(17(4,5)6)15(19)14(11-12)18(7,8)9;;/h2*10-11,19H,1-9H3;1H3;/q;;;+2/p-2. The monoisotopic (exact) mass is 564 g/mol. The van der Waals surface area contributed by atoms with E-state index < -0.39 is 0 Å². The fraction of sp³-hybridized carbons (Fsp3) is 0.676. The molecule has 2 rings (SSSR count).